The lowest BCUT2D eigenvalue weighted by atomic mass is 10.3. The van der Waals surface area contributed by atoms with Gasteiger partial charge in [0.2, 0.25) is 0 Å². The van der Waals surface area contributed by atoms with Crippen molar-refractivity contribution in [1.29, 1.82) is 0 Å². The molecule has 1 atom stereocenters. The molecule has 1 aromatic rings. The highest BCUT2D eigenvalue weighted by atomic mass is 79.9. The van der Waals surface area contributed by atoms with Crippen molar-refractivity contribution in [1.82, 2.24) is 5.32 Å². The van der Waals surface area contributed by atoms with E-state index in [4.69, 9.17) is 15.2 Å². The van der Waals surface area contributed by atoms with Gasteiger partial charge in [-0.2, -0.15) is 0 Å². The molecule has 0 aliphatic carbocycles. The number of nitrogens with two attached hydrogens (primary N) is 1. The van der Waals surface area contributed by atoms with Gasteiger partial charge in [0.25, 0.3) is 5.91 Å². The van der Waals surface area contributed by atoms with Crippen LogP contribution in [0.4, 0.5) is 5.69 Å². The smallest absolute Gasteiger partial charge is 0.260 e. The molecule has 0 aromatic heterocycles. The molecule has 1 aromatic carbocycles. The molecule has 0 heterocycles. The van der Waals surface area contributed by atoms with Gasteiger partial charge < -0.3 is 20.5 Å². The predicted octanol–water partition coefficient (Wildman–Crippen LogP) is 1.95. The summed E-state index contributed by atoms with van der Waals surface area (Å²) in [5.41, 5.74) is 6.30. The molecule has 1 rings (SSSR count). The molecule has 3 N–H and O–H groups in total. The highest BCUT2D eigenvalue weighted by molar-refractivity contribution is 9.10. The quantitative estimate of drug-likeness (QED) is 0.592. The molecular formula is C13H19BrN2O3. The van der Waals surface area contributed by atoms with Crippen LogP contribution < -0.4 is 15.8 Å². The number of methoxy groups -OCH3 is 1. The van der Waals surface area contributed by atoms with Crippen molar-refractivity contribution >= 4 is 27.5 Å². The van der Waals surface area contributed by atoms with Gasteiger partial charge in [-0.15, -0.1) is 0 Å². The number of nitrogen functional groups attached to an aromatic ring is 1. The lowest BCUT2D eigenvalue weighted by molar-refractivity contribution is -0.127. The van der Waals surface area contributed by atoms with E-state index in [0.29, 0.717) is 24.6 Å². The Morgan fingerprint density at radius 1 is 1.53 bits per heavy atom. The van der Waals surface area contributed by atoms with Gasteiger partial charge in [0.05, 0.1) is 10.2 Å². The van der Waals surface area contributed by atoms with Gasteiger partial charge in [-0.1, -0.05) is 6.07 Å². The third kappa shape index (κ3) is 5.08. The van der Waals surface area contributed by atoms with Crippen LogP contribution in [0.15, 0.2) is 22.7 Å². The molecule has 5 nitrogen and oxygen atoms in total. The number of ether oxygens (including phenoxy) is 2. The second kappa shape index (κ2) is 8.01. The van der Waals surface area contributed by atoms with Crippen LogP contribution in [-0.4, -0.2) is 32.3 Å². The van der Waals surface area contributed by atoms with Gasteiger partial charge in [-0.05, 0) is 41.4 Å². The fourth-order valence-electron chi connectivity index (χ4n) is 1.45. The Morgan fingerprint density at radius 2 is 2.26 bits per heavy atom. The van der Waals surface area contributed by atoms with Crippen molar-refractivity contribution in [2.45, 2.75) is 19.4 Å². The molecule has 19 heavy (non-hydrogen) atoms. The minimum Gasteiger partial charge on any atom is -0.478 e. The summed E-state index contributed by atoms with van der Waals surface area (Å²) in [5.74, 6) is 0.313. The standard InChI is InChI=1S/C13H19BrN2O3/c1-9(13(17)16-7-4-8-18-2)19-12-10(14)5-3-6-11(12)15/h3,5-6,9H,4,7-8,15H2,1-2H3,(H,16,17). The molecule has 0 radical (unpaired) electrons. The second-order valence-corrected chi connectivity index (χ2v) is 4.91. The lowest BCUT2D eigenvalue weighted by Gasteiger charge is -2.17. The number of nitrogens with one attached hydrogen (secondary N) is 1. The van der Waals surface area contributed by atoms with Crippen molar-refractivity contribution in [2.75, 3.05) is 26.0 Å². The highest BCUT2D eigenvalue weighted by Gasteiger charge is 2.16. The van der Waals surface area contributed by atoms with Crippen LogP contribution in [-0.2, 0) is 9.53 Å². The number of halogens is 1. The van der Waals surface area contributed by atoms with Gasteiger partial charge in [-0.25, -0.2) is 0 Å². The zero-order valence-electron chi connectivity index (χ0n) is 11.1. The fraction of sp³-hybridized carbons (Fsp3) is 0.462. The van der Waals surface area contributed by atoms with Crippen LogP contribution in [0.5, 0.6) is 5.75 Å². The van der Waals surface area contributed by atoms with Gasteiger partial charge in [0, 0.05) is 20.3 Å². The number of hydrogen-bond donors (Lipinski definition) is 2. The third-order valence-electron chi connectivity index (χ3n) is 2.49. The first-order valence-corrected chi connectivity index (χ1v) is 6.83. The minimum absolute atomic E-state index is 0.175. The normalized spacial score (nSPS) is 11.9. The maximum absolute atomic E-state index is 11.8. The number of carbonyl (C=O) groups excluding carboxylic acids is 1. The fourth-order valence-corrected chi connectivity index (χ4v) is 1.93. The van der Waals surface area contributed by atoms with E-state index < -0.39 is 6.10 Å². The van der Waals surface area contributed by atoms with Crippen LogP contribution >= 0.6 is 15.9 Å². The molecule has 0 aliphatic rings. The maximum Gasteiger partial charge on any atom is 0.260 e. The SMILES string of the molecule is COCCCNC(=O)C(C)Oc1c(N)cccc1Br. The minimum atomic E-state index is -0.608. The average Bonchev–Trinajstić information content (AvgIpc) is 2.38. The summed E-state index contributed by atoms with van der Waals surface area (Å²) in [5, 5.41) is 2.78. The summed E-state index contributed by atoms with van der Waals surface area (Å²) in [6.45, 7) is 2.86. The summed E-state index contributed by atoms with van der Waals surface area (Å²) >= 11 is 3.34. The summed E-state index contributed by atoms with van der Waals surface area (Å²) in [6.07, 6.45) is 0.162. The van der Waals surface area contributed by atoms with E-state index in [2.05, 4.69) is 21.2 Å². The first-order chi connectivity index (χ1) is 9.06. The van der Waals surface area contributed by atoms with Crippen LogP contribution in [0.2, 0.25) is 0 Å². The molecule has 106 valence electrons. The van der Waals surface area contributed by atoms with Crippen molar-refractivity contribution < 1.29 is 14.3 Å². The van der Waals surface area contributed by atoms with Gasteiger partial charge in [-0.3, -0.25) is 4.79 Å². The summed E-state index contributed by atoms with van der Waals surface area (Å²) in [6, 6.07) is 5.35. The number of amides is 1. The Balaban J connectivity index is 2.50. The molecule has 0 fully saturated rings. The Hall–Kier alpha value is -1.27. The first kappa shape index (κ1) is 15.8. The Bertz CT molecular complexity index is 406. The number of hydrogen-bond acceptors (Lipinski definition) is 4. The van der Waals surface area contributed by atoms with E-state index in [1.807, 2.05) is 12.1 Å². The molecule has 0 saturated heterocycles. The Labute approximate surface area is 121 Å². The zero-order chi connectivity index (χ0) is 14.3. The van der Waals surface area contributed by atoms with E-state index in [0.717, 1.165) is 10.9 Å². The molecule has 0 bridgehead atoms. The highest BCUT2D eigenvalue weighted by Crippen LogP contribution is 2.31. The number of anilines is 1. The summed E-state index contributed by atoms with van der Waals surface area (Å²) < 4.78 is 11.2. The molecule has 0 saturated carbocycles. The molecule has 1 amide bonds. The molecular weight excluding hydrogens is 312 g/mol. The van der Waals surface area contributed by atoms with Crippen LogP contribution in [0, 0.1) is 0 Å². The van der Waals surface area contributed by atoms with Gasteiger partial charge in [0.1, 0.15) is 0 Å². The van der Waals surface area contributed by atoms with Crippen LogP contribution in [0.1, 0.15) is 13.3 Å². The maximum atomic E-state index is 11.8. The van der Waals surface area contributed by atoms with Crippen molar-refractivity contribution in [2.24, 2.45) is 0 Å². The van der Waals surface area contributed by atoms with Crippen molar-refractivity contribution in [3.05, 3.63) is 22.7 Å². The molecule has 0 aliphatic heterocycles. The predicted molar refractivity (Wildman–Crippen MR) is 78.1 cm³/mol. The second-order valence-electron chi connectivity index (χ2n) is 4.06. The summed E-state index contributed by atoms with van der Waals surface area (Å²) in [4.78, 5) is 11.8. The van der Waals surface area contributed by atoms with E-state index in [1.54, 1.807) is 20.1 Å². The monoisotopic (exact) mass is 330 g/mol. The average molecular weight is 331 g/mol. The van der Waals surface area contributed by atoms with E-state index >= 15 is 0 Å². The van der Waals surface area contributed by atoms with Crippen molar-refractivity contribution in [3.63, 3.8) is 0 Å². The number of para-hydroxylation sites is 1. The third-order valence-corrected chi connectivity index (χ3v) is 3.11. The number of rotatable bonds is 7. The van der Waals surface area contributed by atoms with Gasteiger partial charge in [0.15, 0.2) is 11.9 Å². The topological polar surface area (TPSA) is 73.6 Å². The largest absolute Gasteiger partial charge is 0.478 e. The Kier molecular flexibility index (Phi) is 6.66. The van der Waals surface area contributed by atoms with Gasteiger partial charge >= 0.3 is 0 Å². The first-order valence-electron chi connectivity index (χ1n) is 6.03. The number of benzene rings is 1. The zero-order valence-corrected chi connectivity index (χ0v) is 12.7. The lowest BCUT2D eigenvalue weighted by Crippen LogP contribution is -2.37. The van der Waals surface area contributed by atoms with Crippen molar-refractivity contribution in [3.8, 4) is 5.75 Å². The van der Waals surface area contributed by atoms with E-state index in [-0.39, 0.29) is 5.91 Å². The molecule has 6 heteroatoms. The number of carbonyl (C=O) groups is 1. The molecule has 1 unspecified atom stereocenters. The Morgan fingerprint density at radius 3 is 2.89 bits per heavy atom. The van der Waals surface area contributed by atoms with Crippen LogP contribution in [0.25, 0.3) is 0 Å². The van der Waals surface area contributed by atoms with E-state index in [9.17, 15) is 4.79 Å². The van der Waals surface area contributed by atoms with Crippen LogP contribution in [0.3, 0.4) is 0 Å². The van der Waals surface area contributed by atoms with E-state index in [1.165, 1.54) is 0 Å². The molecule has 0 spiro atoms. The summed E-state index contributed by atoms with van der Waals surface area (Å²) in [7, 11) is 1.63.